The van der Waals surface area contributed by atoms with E-state index in [-0.39, 0.29) is 36.2 Å². The number of carbonyl (C=O) groups is 3. The number of aliphatic imine (C=N–C) groups is 1. The minimum absolute atomic E-state index is 0.0344. The summed E-state index contributed by atoms with van der Waals surface area (Å²) < 4.78 is 0. The lowest BCUT2D eigenvalue weighted by Gasteiger charge is -2.03. The predicted molar refractivity (Wildman–Crippen MR) is 154 cm³/mol. The topological polar surface area (TPSA) is 110 Å². The van der Waals surface area contributed by atoms with Gasteiger partial charge in [0.25, 0.3) is 0 Å². The molecule has 2 aromatic carbocycles. The van der Waals surface area contributed by atoms with Crippen molar-refractivity contribution in [3.05, 3.63) is 97.5 Å². The monoisotopic (exact) mass is 564 g/mol. The number of carbonyl (C=O) groups excluding carboxylic acids is 3. The predicted octanol–water partition coefficient (Wildman–Crippen LogP) is 6.37. The summed E-state index contributed by atoms with van der Waals surface area (Å²) in [7, 11) is 0. The van der Waals surface area contributed by atoms with E-state index < -0.39 is 0 Å². The number of aromatic hydroxyl groups is 1. The molecule has 9 heteroatoms. The molecule has 2 heterocycles. The van der Waals surface area contributed by atoms with Crippen LogP contribution in [0.15, 0.2) is 71.0 Å². The van der Waals surface area contributed by atoms with E-state index in [1.807, 2.05) is 41.8 Å². The Morgan fingerprint density at radius 1 is 0.921 bits per heavy atom. The maximum absolute atomic E-state index is 12.7. The summed E-state index contributed by atoms with van der Waals surface area (Å²) in [5.41, 5.74) is 9.02. The molecular formula is C29H25ClN2O4S2. The van der Waals surface area contributed by atoms with Crippen LogP contribution in [0, 0.1) is 0 Å². The van der Waals surface area contributed by atoms with E-state index in [4.69, 9.17) is 17.3 Å². The fourth-order valence-corrected chi connectivity index (χ4v) is 5.85. The van der Waals surface area contributed by atoms with Gasteiger partial charge in [0.2, 0.25) is 5.91 Å². The third kappa shape index (κ3) is 6.83. The Labute approximate surface area is 233 Å². The minimum Gasteiger partial charge on any atom is -0.506 e. The molecule has 4 aromatic rings. The smallest absolute Gasteiger partial charge is 0.221 e. The molecule has 0 atom stereocenters. The average Bonchev–Trinajstić information content (AvgIpc) is 3.54. The van der Waals surface area contributed by atoms with Gasteiger partial charge in [0.15, 0.2) is 11.6 Å². The number of hydrogen-bond donors (Lipinski definition) is 2. The number of primary amides is 1. The molecule has 3 N–H and O–H groups in total. The van der Waals surface area contributed by atoms with Crippen molar-refractivity contribution in [2.24, 2.45) is 10.7 Å². The van der Waals surface area contributed by atoms with Crippen LogP contribution in [0.25, 0.3) is 10.4 Å². The van der Waals surface area contributed by atoms with Crippen molar-refractivity contribution in [2.75, 3.05) is 6.54 Å². The maximum Gasteiger partial charge on any atom is 0.221 e. The fraction of sp³-hybridized carbons (Fsp3) is 0.172. The van der Waals surface area contributed by atoms with Crippen molar-refractivity contribution >= 4 is 57.5 Å². The number of halogens is 1. The Morgan fingerprint density at radius 2 is 1.55 bits per heavy atom. The molecule has 0 saturated heterocycles. The van der Waals surface area contributed by atoms with Crippen LogP contribution in [0.2, 0.25) is 5.02 Å². The van der Waals surface area contributed by atoms with Crippen molar-refractivity contribution < 1.29 is 19.5 Å². The highest BCUT2D eigenvalue weighted by molar-refractivity contribution is 7.16. The van der Waals surface area contributed by atoms with Gasteiger partial charge in [0.05, 0.1) is 21.1 Å². The highest BCUT2D eigenvalue weighted by Crippen LogP contribution is 2.39. The fourth-order valence-electron chi connectivity index (χ4n) is 3.81. The lowest BCUT2D eigenvalue weighted by Crippen LogP contribution is -2.13. The number of nitrogens with zero attached hydrogens (tertiary/aromatic N) is 1. The number of Topliss-reactive ketones (excluding diaryl/α,β-unsaturated/α-hetero) is 2. The third-order valence-electron chi connectivity index (χ3n) is 5.92. The summed E-state index contributed by atoms with van der Waals surface area (Å²) in [6, 6.07) is 18.0. The molecule has 2 aromatic heterocycles. The Bertz CT molecular complexity index is 1500. The van der Waals surface area contributed by atoms with Gasteiger partial charge in [-0.3, -0.25) is 19.4 Å². The molecule has 0 radical (unpaired) electrons. The molecule has 4 rings (SSSR count). The van der Waals surface area contributed by atoms with Crippen molar-refractivity contribution in [3.63, 3.8) is 0 Å². The van der Waals surface area contributed by atoms with Gasteiger partial charge in [-0.25, -0.2) is 0 Å². The number of rotatable bonds is 11. The van der Waals surface area contributed by atoms with E-state index in [9.17, 15) is 19.5 Å². The summed E-state index contributed by atoms with van der Waals surface area (Å²) in [5, 5.41) is 13.1. The molecule has 194 valence electrons. The number of ketones is 2. The van der Waals surface area contributed by atoms with Crippen LogP contribution in [0.5, 0.6) is 5.75 Å². The first-order valence-electron chi connectivity index (χ1n) is 11.8. The van der Waals surface area contributed by atoms with E-state index in [2.05, 4.69) is 4.99 Å². The van der Waals surface area contributed by atoms with Gasteiger partial charge in [0, 0.05) is 28.1 Å². The molecule has 0 unspecified atom stereocenters. The highest BCUT2D eigenvalue weighted by Gasteiger charge is 2.17. The SMILES string of the molecule is CC(=NCC(=O)c1ccc(C(=O)CCc2ccc(CC(N)=O)cc2)s1)c1csc(-c2ccc(Cl)cc2)c1O. The van der Waals surface area contributed by atoms with Crippen molar-refractivity contribution in [3.8, 4) is 16.2 Å². The van der Waals surface area contributed by atoms with Crippen molar-refractivity contribution in [1.82, 2.24) is 0 Å². The molecular weight excluding hydrogens is 540 g/mol. The van der Waals surface area contributed by atoms with Crippen LogP contribution in [0.3, 0.4) is 0 Å². The van der Waals surface area contributed by atoms with Crippen LogP contribution in [-0.4, -0.2) is 34.8 Å². The van der Waals surface area contributed by atoms with E-state index in [0.717, 1.165) is 16.7 Å². The number of hydrogen-bond acceptors (Lipinski definition) is 7. The molecule has 0 fully saturated rings. The molecule has 0 spiro atoms. The van der Waals surface area contributed by atoms with E-state index in [1.54, 1.807) is 31.2 Å². The second-order valence-electron chi connectivity index (χ2n) is 8.71. The van der Waals surface area contributed by atoms with E-state index >= 15 is 0 Å². The number of nitrogens with two attached hydrogens (primary N) is 1. The molecule has 0 saturated carbocycles. The Kier molecular flexibility index (Phi) is 8.89. The van der Waals surface area contributed by atoms with Gasteiger partial charge >= 0.3 is 0 Å². The highest BCUT2D eigenvalue weighted by atomic mass is 35.5. The quantitative estimate of drug-likeness (QED) is 0.163. The first-order valence-corrected chi connectivity index (χ1v) is 13.9. The molecule has 1 amide bonds. The Hall–Kier alpha value is -3.59. The van der Waals surface area contributed by atoms with Crippen molar-refractivity contribution in [1.29, 1.82) is 0 Å². The van der Waals surface area contributed by atoms with Gasteiger partial charge in [-0.2, -0.15) is 0 Å². The lowest BCUT2D eigenvalue weighted by atomic mass is 10.0. The molecule has 0 aliphatic rings. The second-order valence-corrected chi connectivity index (χ2v) is 11.1. The summed E-state index contributed by atoms with van der Waals surface area (Å²) >= 11 is 8.52. The number of amides is 1. The van der Waals surface area contributed by atoms with E-state index in [0.29, 0.717) is 43.8 Å². The summed E-state index contributed by atoms with van der Waals surface area (Å²) in [6.07, 6.45) is 1.06. The van der Waals surface area contributed by atoms with Crippen molar-refractivity contribution in [2.45, 2.75) is 26.2 Å². The first-order chi connectivity index (χ1) is 18.2. The minimum atomic E-state index is -0.385. The van der Waals surface area contributed by atoms with Gasteiger partial charge in [-0.15, -0.1) is 22.7 Å². The Balaban J connectivity index is 1.34. The molecule has 0 bridgehead atoms. The summed E-state index contributed by atoms with van der Waals surface area (Å²) in [4.78, 5) is 42.5. The third-order valence-corrected chi connectivity index (χ3v) is 8.36. The van der Waals surface area contributed by atoms with Crippen LogP contribution in [-0.2, 0) is 17.6 Å². The molecule has 6 nitrogen and oxygen atoms in total. The molecule has 0 aliphatic carbocycles. The number of thiophene rings is 2. The second kappa shape index (κ2) is 12.3. The number of aryl methyl sites for hydroxylation is 1. The van der Waals surface area contributed by atoms with Crippen LogP contribution < -0.4 is 5.73 Å². The number of benzene rings is 2. The molecule has 38 heavy (non-hydrogen) atoms. The zero-order chi connectivity index (χ0) is 27.2. The average molecular weight is 565 g/mol. The zero-order valence-corrected chi connectivity index (χ0v) is 23.0. The van der Waals surface area contributed by atoms with Crippen LogP contribution >= 0.6 is 34.3 Å². The summed E-state index contributed by atoms with van der Waals surface area (Å²) in [6.45, 7) is 1.67. The van der Waals surface area contributed by atoms with Crippen LogP contribution in [0.4, 0.5) is 0 Å². The first kappa shape index (κ1) is 27.4. The lowest BCUT2D eigenvalue weighted by molar-refractivity contribution is -0.117. The Morgan fingerprint density at radius 3 is 2.21 bits per heavy atom. The standard InChI is InChI=1S/C29H25ClN2O4S2/c1-17(22-16-37-29(28(22)36)20-7-9-21(30)10-8-20)32-15-24(34)26-13-12-25(38-26)23(33)11-6-18-2-4-19(5-3-18)14-27(31)35/h2-5,7-10,12-13,16,36H,6,11,14-15H2,1H3,(H2,31,35). The zero-order valence-electron chi connectivity index (χ0n) is 20.6. The maximum atomic E-state index is 12.7. The van der Waals surface area contributed by atoms with E-state index in [1.165, 1.54) is 22.7 Å². The largest absolute Gasteiger partial charge is 0.506 e. The van der Waals surface area contributed by atoms with Gasteiger partial charge in [0.1, 0.15) is 12.3 Å². The van der Waals surface area contributed by atoms with Gasteiger partial charge in [-0.1, -0.05) is 48.0 Å². The summed E-state index contributed by atoms with van der Waals surface area (Å²) in [5.74, 6) is -0.485. The molecule has 0 aliphatic heterocycles. The normalized spacial score (nSPS) is 11.5. The van der Waals surface area contributed by atoms with Gasteiger partial charge < -0.3 is 10.8 Å². The van der Waals surface area contributed by atoms with Crippen LogP contribution in [0.1, 0.15) is 49.4 Å². The van der Waals surface area contributed by atoms with Gasteiger partial charge in [-0.05, 0) is 54.3 Å².